The molecule has 0 spiro atoms. The molecule has 1 saturated heterocycles. The van der Waals surface area contributed by atoms with Crippen molar-refractivity contribution in [2.75, 3.05) is 32.1 Å². The summed E-state index contributed by atoms with van der Waals surface area (Å²) in [7, 11) is 3.37. The van der Waals surface area contributed by atoms with Crippen molar-refractivity contribution in [2.45, 2.75) is 51.8 Å². The van der Waals surface area contributed by atoms with E-state index in [1.54, 1.807) is 34.4 Å². The SMILES string of the molecule is COCCn1c(=O)n(C)c2cnc3ccc(-c4ccc(NC(=O)NC5CCN(C(=O)OC(C)(C)C)CC5)cc4)cc3c21. The maximum atomic E-state index is 12.9. The number of methoxy groups -OCH3 is 1. The fourth-order valence-corrected chi connectivity index (χ4v) is 5.28. The number of aryl methyl sites for hydroxylation is 1. The number of piperidine rings is 1. The molecule has 3 amide bonds. The number of urea groups is 1. The summed E-state index contributed by atoms with van der Waals surface area (Å²) in [5, 5.41) is 6.80. The third-order valence-electron chi connectivity index (χ3n) is 7.45. The Balaban J connectivity index is 1.25. The number of hydrogen-bond acceptors (Lipinski definition) is 6. The molecule has 0 aliphatic carbocycles. The summed E-state index contributed by atoms with van der Waals surface area (Å²) in [4.78, 5) is 44.1. The Morgan fingerprint density at radius 1 is 1.05 bits per heavy atom. The van der Waals surface area contributed by atoms with Crippen LogP contribution in [-0.2, 0) is 23.1 Å². The highest BCUT2D eigenvalue weighted by Gasteiger charge is 2.27. The molecule has 1 aliphatic rings. The number of hydrogen-bond donors (Lipinski definition) is 2. The minimum Gasteiger partial charge on any atom is -0.444 e. The van der Waals surface area contributed by atoms with Crippen LogP contribution in [0.2, 0.25) is 0 Å². The van der Waals surface area contributed by atoms with E-state index in [4.69, 9.17) is 9.47 Å². The molecule has 1 fully saturated rings. The number of benzene rings is 2. The van der Waals surface area contributed by atoms with Gasteiger partial charge in [0.15, 0.2) is 0 Å². The molecule has 222 valence electrons. The minimum atomic E-state index is -0.532. The summed E-state index contributed by atoms with van der Waals surface area (Å²) in [6.45, 7) is 7.49. The van der Waals surface area contributed by atoms with Crippen LogP contribution in [0.25, 0.3) is 33.1 Å². The minimum absolute atomic E-state index is 0.0229. The van der Waals surface area contributed by atoms with E-state index in [1.165, 1.54) is 0 Å². The second-order valence-electron chi connectivity index (χ2n) is 11.6. The Labute approximate surface area is 244 Å². The van der Waals surface area contributed by atoms with Crippen LogP contribution < -0.4 is 16.3 Å². The van der Waals surface area contributed by atoms with Crippen molar-refractivity contribution in [3.63, 3.8) is 0 Å². The zero-order valence-corrected chi connectivity index (χ0v) is 24.8. The molecule has 0 radical (unpaired) electrons. The molecule has 2 aromatic heterocycles. The van der Waals surface area contributed by atoms with Crippen LogP contribution in [0.15, 0.2) is 53.5 Å². The zero-order valence-electron chi connectivity index (χ0n) is 24.8. The number of pyridine rings is 1. The smallest absolute Gasteiger partial charge is 0.410 e. The van der Waals surface area contributed by atoms with Crippen molar-refractivity contribution in [2.24, 2.45) is 7.05 Å². The highest BCUT2D eigenvalue weighted by Crippen LogP contribution is 2.29. The number of nitrogens with zero attached hydrogens (tertiary/aromatic N) is 4. The van der Waals surface area contributed by atoms with E-state index in [0.717, 1.165) is 33.1 Å². The molecule has 42 heavy (non-hydrogen) atoms. The van der Waals surface area contributed by atoms with Crippen LogP contribution in [0.4, 0.5) is 15.3 Å². The summed E-state index contributed by atoms with van der Waals surface area (Å²) in [5.41, 5.74) is 4.37. The van der Waals surface area contributed by atoms with Gasteiger partial charge in [-0.05, 0) is 69.0 Å². The fourth-order valence-electron chi connectivity index (χ4n) is 5.28. The number of nitrogens with one attached hydrogen (secondary N) is 2. The maximum Gasteiger partial charge on any atom is 0.410 e. The molecular formula is C31H38N6O5. The second kappa shape index (κ2) is 11.8. The lowest BCUT2D eigenvalue weighted by atomic mass is 10.0. The highest BCUT2D eigenvalue weighted by atomic mass is 16.6. The molecular weight excluding hydrogens is 536 g/mol. The van der Waals surface area contributed by atoms with Gasteiger partial charge < -0.3 is 25.0 Å². The van der Waals surface area contributed by atoms with Crippen molar-refractivity contribution >= 4 is 39.7 Å². The van der Waals surface area contributed by atoms with Gasteiger partial charge in [-0.15, -0.1) is 0 Å². The molecule has 2 N–H and O–H groups in total. The third kappa shape index (κ3) is 6.25. The maximum absolute atomic E-state index is 12.9. The molecule has 1 aliphatic heterocycles. The standard InChI is InChI=1S/C31H38N6O5/c1-31(2,3)42-30(40)36-14-12-23(13-15-36)34-28(38)33-22-9-6-20(7-10-22)21-8-11-25-24(18-21)27-26(19-32-25)35(4)29(39)37(27)16-17-41-5/h6-11,18-19,23H,12-17H2,1-5H3,(H2,33,34,38). The van der Waals surface area contributed by atoms with E-state index < -0.39 is 5.60 Å². The topological polar surface area (TPSA) is 120 Å². The quantitative estimate of drug-likeness (QED) is 0.344. The third-order valence-corrected chi connectivity index (χ3v) is 7.45. The number of carbonyl (C=O) groups is 2. The van der Waals surface area contributed by atoms with Gasteiger partial charge in [0.1, 0.15) is 5.60 Å². The number of carbonyl (C=O) groups excluding carboxylic acids is 2. The first kappa shape index (κ1) is 29.1. The van der Waals surface area contributed by atoms with Crippen molar-refractivity contribution < 1.29 is 19.1 Å². The molecule has 5 rings (SSSR count). The molecule has 2 aromatic carbocycles. The lowest BCUT2D eigenvalue weighted by molar-refractivity contribution is 0.0202. The Kier molecular flexibility index (Phi) is 8.22. The average Bonchev–Trinajstić information content (AvgIpc) is 3.20. The van der Waals surface area contributed by atoms with E-state index >= 15 is 0 Å². The highest BCUT2D eigenvalue weighted by molar-refractivity contribution is 6.04. The van der Waals surface area contributed by atoms with Crippen molar-refractivity contribution in [3.8, 4) is 11.1 Å². The van der Waals surface area contributed by atoms with Gasteiger partial charge >= 0.3 is 17.8 Å². The fraction of sp³-hybridized carbons (Fsp3) is 0.419. The number of rotatable bonds is 6. The number of ether oxygens (including phenoxy) is 2. The van der Waals surface area contributed by atoms with E-state index in [1.807, 2.05) is 63.2 Å². The molecule has 0 unspecified atom stereocenters. The molecule has 3 heterocycles. The molecule has 4 aromatic rings. The Hall–Kier alpha value is -4.38. The average molecular weight is 575 g/mol. The van der Waals surface area contributed by atoms with Crippen LogP contribution in [0.3, 0.4) is 0 Å². The molecule has 0 saturated carbocycles. The van der Waals surface area contributed by atoms with Gasteiger partial charge in [-0.3, -0.25) is 14.1 Å². The van der Waals surface area contributed by atoms with Crippen molar-refractivity contribution in [3.05, 3.63) is 59.1 Å². The van der Waals surface area contributed by atoms with Crippen LogP contribution >= 0.6 is 0 Å². The van der Waals surface area contributed by atoms with E-state index in [9.17, 15) is 14.4 Å². The number of amides is 3. The monoisotopic (exact) mass is 574 g/mol. The van der Waals surface area contributed by atoms with E-state index in [-0.39, 0.29) is 23.9 Å². The van der Waals surface area contributed by atoms with Gasteiger partial charge in [0.05, 0.1) is 35.9 Å². The predicted molar refractivity (Wildman–Crippen MR) is 163 cm³/mol. The van der Waals surface area contributed by atoms with Gasteiger partial charge in [0.2, 0.25) is 0 Å². The zero-order chi connectivity index (χ0) is 30.0. The summed E-state index contributed by atoms with van der Waals surface area (Å²) in [6, 6.07) is 13.3. The number of imidazole rings is 1. The predicted octanol–water partition coefficient (Wildman–Crippen LogP) is 4.72. The molecule has 11 nitrogen and oxygen atoms in total. The lowest BCUT2D eigenvalue weighted by Crippen LogP contribution is -2.48. The Morgan fingerprint density at radius 2 is 1.74 bits per heavy atom. The first-order valence-electron chi connectivity index (χ1n) is 14.2. The first-order chi connectivity index (χ1) is 20.0. The summed E-state index contributed by atoms with van der Waals surface area (Å²) in [5.74, 6) is 0. The number of aromatic nitrogens is 3. The van der Waals surface area contributed by atoms with Gasteiger partial charge in [0, 0.05) is 44.4 Å². The number of likely N-dealkylation sites (tertiary alicyclic amines) is 1. The van der Waals surface area contributed by atoms with Gasteiger partial charge in [-0.2, -0.15) is 0 Å². The lowest BCUT2D eigenvalue weighted by Gasteiger charge is -2.33. The molecule has 0 bridgehead atoms. The van der Waals surface area contributed by atoms with Crippen LogP contribution in [0, 0.1) is 0 Å². The molecule has 11 heteroatoms. The molecule has 0 atom stereocenters. The summed E-state index contributed by atoms with van der Waals surface area (Å²) in [6.07, 6.45) is 2.74. The summed E-state index contributed by atoms with van der Waals surface area (Å²) < 4.78 is 14.0. The van der Waals surface area contributed by atoms with Crippen LogP contribution in [0.5, 0.6) is 0 Å². The van der Waals surface area contributed by atoms with Gasteiger partial charge in [-0.1, -0.05) is 18.2 Å². The van der Waals surface area contributed by atoms with Crippen molar-refractivity contribution in [1.82, 2.24) is 24.3 Å². The largest absolute Gasteiger partial charge is 0.444 e. The van der Waals surface area contributed by atoms with E-state index in [0.29, 0.717) is 44.8 Å². The van der Waals surface area contributed by atoms with Gasteiger partial charge in [0.25, 0.3) is 0 Å². The van der Waals surface area contributed by atoms with Crippen LogP contribution in [-0.4, -0.2) is 69.6 Å². The van der Waals surface area contributed by atoms with Crippen molar-refractivity contribution in [1.29, 1.82) is 0 Å². The first-order valence-corrected chi connectivity index (χ1v) is 14.2. The van der Waals surface area contributed by atoms with E-state index in [2.05, 4.69) is 15.6 Å². The second-order valence-corrected chi connectivity index (χ2v) is 11.6. The normalized spacial score (nSPS) is 14.4. The van der Waals surface area contributed by atoms with Gasteiger partial charge in [-0.25, -0.2) is 14.4 Å². The van der Waals surface area contributed by atoms with Crippen LogP contribution in [0.1, 0.15) is 33.6 Å². The number of fused-ring (bicyclic) bond motifs is 3. The number of anilines is 1. The Morgan fingerprint density at radius 3 is 2.40 bits per heavy atom. The summed E-state index contributed by atoms with van der Waals surface area (Å²) >= 11 is 0. The Bertz CT molecular complexity index is 1660.